The summed E-state index contributed by atoms with van der Waals surface area (Å²) in [5.74, 6) is -0.138. The van der Waals surface area contributed by atoms with Crippen molar-refractivity contribution in [3.63, 3.8) is 0 Å². The second-order valence-corrected chi connectivity index (χ2v) is 12.5. The van der Waals surface area contributed by atoms with E-state index in [0.29, 0.717) is 5.69 Å². The lowest BCUT2D eigenvalue weighted by Gasteiger charge is -2.08. The molecule has 0 saturated carbocycles. The minimum atomic E-state index is -0.138. The smallest absolute Gasteiger partial charge is 0.221 e. The van der Waals surface area contributed by atoms with E-state index in [0.717, 1.165) is 89.4 Å². The number of nitrogens with zero attached hydrogens (tertiary/aromatic N) is 5. The first-order chi connectivity index (χ1) is 25.6. The number of anilines is 1. The molecule has 8 heterocycles. The number of aromatic amines is 2. The van der Waals surface area contributed by atoms with E-state index in [4.69, 9.17) is 9.97 Å². The number of pyridine rings is 3. The van der Waals surface area contributed by atoms with Crippen LogP contribution in [0.25, 0.3) is 90.9 Å². The molecule has 0 radical (unpaired) electrons. The molecule has 1 amide bonds. The number of hydrogen-bond acceptors (Lipinski definition) is 6. The number of aromatic nitrogens is 7. The Labute approximate surface area is 298 Å². The van der Waals surface area contributed by atoms with E-state index >= 15 is 0 Å². The van der Waals surface area contributed by atoms with Gasteiger partial charge in [-0.15, -0.1) is 0 Å². The summed E-state index contributed by atoms with van der Waals surface area (Å²) < 4.78 is 0. The van der Waals surface area contributed by atoms with Crippen LogP contribution in [0, 0.1) is 0 Å². The molecule has 248 valence electrons. The quantitative estimate of drug-likeness (QED) is 0.167. The van der Waals surface area contributed by atoms with Gasteiger partial charge in [0.15, 0.2) is 0 Å². The van der Waals surface area contributed by atoms with E-state index in [2.05, 4.69) is 72.7 Å². The summed E-state index contributed by atoms with van der Waals surface area (Å²) in [5.41, 5.74) is 15.0. The molecule has 2 aliphatic heterocycles. The lowest BCUT2D eigenvalue weighted by Crippen LogP contribution is -2.05. The summed E-state index contributed by atoms with van der Waals surface area (Å²) in [6.07, 6.45) is 19.0. The van der Waals surface area contributed by atoms with Crippen LogP contribution < -0.4 is 5.32 Å². The van der Waals surface area contributed by atoms with Crippen molar-refractivity contribution in [1.82, 2.24) is 34.9 Å². The van der Waals surface area contributed by atoms with Gasteiger partial charge < -0.3 is 15.3 Å². The molecule has 9 heteroatoms. The molecule has 52 heavy (non-hydrogen) atoms. The monoisotopic (exact) mass is 674 g/mol. The van der Waals surface area contributed by atoms with E-state index in [1.165, 1.54) is 6.92 Å². The van der Waals surface area contributed by atoms with Crippen LogP contribution in [0.4, 0.5) is 5.69 Å². The first-order valence-corrected chi connectivity index (χ1v) is 16.8. The van der Waals surface area contributed by atoms with Gasteiger partial charge in [-0.05, 0) is 119 Å². The van der Waals surface area contributed by atoms with Gasteiger partial charge in [0.2, 0.25) is 5.91 Å². The molecule has 1 aromatic carbocycles. The second kappa shape index (κ2) is 12.9. The Balaban J connectivity index is 1.46. The topological polar surface area (TPSA) is 125 Å². The van der Waals surface area contributed by atoms with E-state index in [1.54, 1.807) is 37.2 Å². The molecule has 2 aliphatic rings. The maximum atomic E-state index is 12.1. The molecule has 3 N–H and O–H groups in total. The van der Waals surface area contributed by atoms with E-state index < -0.39 is 0 Å². The van der Waals surface area contributed by atoms with Crippen LogP contribution in [0.5, 0.6) is 0 Å². The third kappa shape index (κ3) is 5.66. The van der Waals surface area contributed by atoms with Gasteiger partial charge in [-0.2, -0.15) is 0 Å². The third-order valence-electron chi connectivity index (χ3n) is 9.13. The number of rotatable bonds is 5. The minimum Gasteiger partial charge on any atom is -0.354 e. The highest BCUT2D eigenvalue weighted by molar-refractivity contribution is 6.00. The number of carbonyl (C=O) groups excluding carboxylic acids is 1. The molecule has 0 spiro atoms. The van der Waals surface area contributed by atoms with Crippen molar-refractivity contribution in [3.8, 4) is 44.5 Å². The zero-order valence-corrected chi connectivity index (χ0v) is 28.0. The summed E-state index contributed by atoms with van der Waals surface area (Å²) in [5, 5.41) is 2.94. The van der Waals surface area contributed by atoms with Crippen LogP contribution >= 0.6 is 0 Å². The number of benzene rings is 1. The van der Waals surface area contributed by atoms with Crippen LogP contribution in [0.15, 0.2) is 122 Å². The van der Waals surface area contributed by atoms with Gasteiger partial charge in [-0.3, -0.25) is 19.7 Å². The predicted molar refractivity (Wildman–Crippen MR) is 208 cm³/mol. The lowest BCUT2D eigenvalue weighted by atomic mass is 10.0. The first-order valence-electron chi connectivity index (χ1n) is 16.8. The van der Waals surface area contributed by atoms with Gasteiger partial charge in [0.25, 0.3) is 0 Å². The third-order valence-corrected chi connectivity index (χ3v) is 9.13. The summed E-state index contributed by atoms with van der Waals surface area (Å²) in [6, 6.07) is 28.2. The van der Waals surface area contributed by atoms with Crippen LogP contribution in [-0.4, -0.2) is 40.8 Å². The molecule has 7 aromatic rings. The first kappa shape index (κ1) is 30.8. The Morgan fingerprint density at radius 1 is 0.481 bits per heavy atom. The molecule has 9 rings (SSSR count). The van der Waals surface area contributed by atoms with Crippen molar-refractivity contribution in [3.05, 3.63) is 145 Å². The maximum absolute atomic E-state index is 12.1. The van der Waals surface area contributed by atoms with Crippen molar-refractivity contribution in [1.29, 1.82) is 0 Å². The molecular formula is C43H30N8O. The number of nitrogens with one attached hydrogen (secondary N) is 3. The van der Waals surface area contributed by atoms with Crippen LogP contribution in [0.2, 0.25) is 0 Å². The summed E-state index contributed by atoms with van der Waals surface area (Å²) >= 11 is 0. The molecule has 6 aromatic heterocycles. The lowest BCUT2D eigenvalue weighted by molar-refractivity contribution is -0.114. The van der Waals surface area contributed by atoms with E-state index in [9.17, 15) is 4.79 Å². The minimum absolute atomic E-state index is 0.138. The zero-order chi connectivity index (χ0) is 35.0. The molecule has 0 unspecified atom stereocenters. The SMILES string of the molecule is CC(=O)Nc1cccc(-c2c3nc(c(-c4ccncc4)c4ccc([nH]4)c(-c4ccncc4)c4nc(c(-c5ccncc5)c5ccc2[nH]5)C=C4)C=C3)c1. The average molecular weight is 675 g/mol. The number of carbonyl (C=O) groups is 1. The maximum Gasteiger partial charge on any atom is 0.221 e. The van der Waals surface area contributed by atoms with Crippen molar-refractivity contribution >= 4 is 58.0 Å². The van der Waals surface area contributed by atoms with Gasteiger partial charge in [-0.1, -0.05) is 12.1 Å². The molecule has 0 fully saturated rings. The Morgan fingerprint density at radius 2 is 0.846 bits per heavy atom. The molecule has 9 nitrogen and oxygen atoms in total. The van der Waals surface area contributed by atoms with Crippen molar-refractivity contribution in [2.24, 2.45) is 0 Å². The number of fused-ring (bicyclic) bond motifs is 8. The molecule has 0 aliphatic carbocycles. The normalized spacial score (nSPS) is 11.9. The summed E-state index contributed by atoms with van der Waals surface area (Å²) in [4.78, 5) is 43.0. The zero-order valence-electron chi connectivity index (χ0n) is 28.0. The number of hydrogen-bond donors (Lipinski definition) is 3. The van der Waals surface area contributed by atoms with Gasteiger partial charge in [0, 0.05) is 94.1 Å². The van der Waals surface area contributed by atoms with Gasteiger partial charge in [0.05, 0.1) is 22.8 Å². The average Bonchev–Trinajstić information content (AvgIpc) is 4.01. The van der Waals surface area contributed by atoms with Crippen LogP contribution in [-0.2, 0) is 4.79 Å². The fourth-order valence-corrected chi connectivity index (χ4v) is 6.93. The number of H-pyrrole nitrogens is 2. The van der Waals surface area contributed by atoms with Crippen molar-refractivity contribution in [2.45, 2.75) is 6.92 Å². The fourth-order valence-electron chi connectivity index (χ4n) is 6.93. The van der Waals surface area contributed by atoms with E-state index in [-0.39, 0.29) is 5.91 Å². The molecule has 8 bridgehead atoms. The van der Waals surface area contributed by atoms with E-state index in [1.807, 2.05) is 66.7 Å². The largest absolute Gasteiger partial charge is 0.354 e. The second-order valence-electron chi connectivity index (χ2n) is 12.5. The standard InChI is InChI=1S/C43H30N8O/c1-26(52)47-31-4-2-3-30(25-31)43-38-11-9-36(50-38)41(28-15-21-45-22-16-28)34-7-5-32(48-34)40(27-13-19-44-20-14-27)33-6-8-35(49-33)42(29-17-23-46-24-18-29)37-10-12-39(43)51-37/h2-25,48,51H,1H3,(H,47,52). The highest BCUT2D eigenvalue weighted by Gasteiger charge is 2.19. The fraction of sp³-hybridized carbons (Fsp3) is 0.0233. The Bertz CT molecular complexity index is 2690. The Kier molecular flexibility index (Phi) is 7.63. The van der Waals surface area contributed by atoms with Gasteiger partial charge in [-0.25, -0.2) is 9.97 Å². The molecule has 0 saturated heterocycles. The van der Waals surface area contributed by atoms with Crippen LogP contribution in [0.1, 0.15) is 29.7 Å². The van der Waals surface area contributed by atoms with Crippen molar-refractivity contribution < 1.29 is 4.79 Å². The van der Waals surface area contributed by atoms with Gasteiger partial charge in [0.1, 0.15) is 0 Å². The molecular weight excluding hydrogens is 645 g/mol. The van der Waals surface area contributed by atoms with Crippen LogP contribution in [0.3, 0.4) is 0 Å². The molecule has 0 atom stereocenters. The summed E-state index contributed by atoms with van der Waals surface area (Å²) in [7, 11) is 0. The summed E-state index contributed by atoms with van der Waals surface area (Å²) in [6.45, 7) is 1.51. The Hall–Kier alpha value is -7.26. The highest BCUT2D eigenvalue weighted by atomic mass is 16.1. The number of amides is 1. The van der Waals surface area contributed by atoms with Crippen molar-refractivity contribution in [2.75, 3.05) is 5.32 Å². The Morgan fingerprint density at radius 3 is 1.21 bits per heavy atom. The highest BCUT2D eigenvalue weighted by Crippen LogP contribution is 2.38. The predicted octanol–water partition coefficient (Wildman–Crippen LogP) is 9.47. The van der Waals surface area contributed by atoms with Gasteiger partial charge >= 0.3 is 0 Å².